The van der Waals surface area contributed by atoms with Crippen LogP contribution >= 0.6 is 11.8 Å². The number of para-hydroxylation sites is 2. The third-order valence-electron chi connectivity index (χ3n) is 5.09. The third kappa shape index (κ3) is 4.36. The van der Waals surface area contributed by atoms with Crippen molar-refractivity contribution in [3.8, 4) is 0 Å². The largest absolute Gasteiger partial charge is 0.320 e. The first-order valence-electron chi connectivity index (χ1n) is 9.86. The van der Waals surface area contributed by atoms with Crippen LogP contribution in [0.1, 0.15) is 34.2 Å². The summed E-state index contributed by atoms with van der Waals surface area (Å²) < 4.78 is 2.13. The van der Waals surface area contributed by atoms with Crippen molar-refractivity contribution in [2.45, 2.75) is 19.4 Å². The minimum atomic E-state index is -0.176. The molecule has 0 spiro atoms. The molecule has 0 amide bonds. The summed E-state index contributed by atoms with van der Waals surface area (Å²) in [6.07, 6.45) is 0.290. The number of benzene rings is 3. The highest BCUT2D eigenvalue weighted by atomic mass is 32.2. The van der Waals surface area contributed by atoms with Crippen molar-refractivity contribution in [2.75, 3.05) is 5.75 Å². The van der Waals surface area contributed by atoms with Gasteiger partial charge in [0.1, 0.15) is 5.82 Å². The number of aromatic nitrogens is 2. The predicted molar refractivity (Wildman–Crippen MR) is 122 cm³/mol. The van der Waals surface area contributed by atoms with Crippen molar-refractivity contribution in [2.24, 2.45) is 0 Å². The Bertz CT molecular complexity index is 1170. The lowest BCUT2D eigenvalue weighted by atomic mass is 10.0. The molecule has 4 aromatic rings. The van der Waals surface area contributed by atoms with Crippen molar-refractivity contribution in [1.29, 1.82) is 0 Å². The van der Waals surface area contributed by atoms with Gasteiger partial charge in [-0.25, -0.2) is 4.98 Å². The maximum absolute atomic E-state index is 12.9. The van der Waals surface area contributed by atoms with E-state index in [1.165, 1.54) is 0 Å². The highest BCUT2D eigenvalue weighted by Crippen LogP contribution is 2.30. The summed E-state index contributed by atoms with van der Waals surface area (Å²) in [7, 11) is 0. The normalized spacial score (nSPS) is 12.0. The van der Waals surface area contributed by atoms with Gasteiger partial charge in [-0.1, -0.05) is 84.6 Å². The van der Waals surface area contributed by atoms with E-state index in [1.54, 1.807) is 12.1 Å². The Morgan fingerprint density at radius 3 is 2.27 bits per heavy atom. The van der Waals surface area contributed by atoms with Crippen molar-refractivity contribution < 1.29 is 9.59 Å². The third-order valence-corrected chi connectivity index (χ3v) is 5.98. The summed E-state index contributed by atoms with van der Waals surface area (Å²) in [5.74, 6) is 0.978. The summed E-state index contributed by atoms with van der Waals surface area (Å²) in [4.78, 5) is 29.9. The maximum Gasteiger partial charge on any atom is 0.191 e. The molecule has 0 bridgehead atoms. The zero-order valence-corrected chi connectivity index (χ0v) is 17.5. The lowest BCUT2D eigenvalue weighted by Gasteiger charge is -2.21. The first-order valence-corrected chi connectivity index (χ1v) is 10.8. The standard InChI is InChI=1S/C25H22N2O2S/c1-18-26-21-14-8-9-15-22(21)27(18)23(19-10-4-2-5-11-19)16-25(29)30-17-24(28)20-12-6-3-7-13-20/h2-15,23H,16-17H2,1H3. The number of thioether (sulfide) groups is 1. The van der Waals surface area contributed by atoms with E-state index >= 15 is 0 Å². The van der Waals surface area contributed by atoms with Crippen LogP contribution in [0.15, 0.2) is 84.9 Å². The lowest BCUT2D eigenvalue weighted by molar-refractivity contribution is -0.111. The smallest absolute Gasteiger partial charge is 0.191 e. The molecule has 1 aromatic heterocycles. The van der Waals surface area contributed by atoms with Crippen molar-refractivity contribution in [1.82, 2.24) is 9.55 Å². The summed E-state index contributed by atoms with van der Waals surface area (Å²) >= 11 is 1.09. The first kappa shape index (κ1) is 20.1. The van der Waals surface area contributed by atoms with E-state index in [9.17, 15) is 9.59 Å². The number of carbonyl (C=O) groups is 2. The van der Waals surface area contributed by atoms with Crippen LogP contribution in [0.3, 0.4) is 0 Å². The summed E-state index contributed by atoms with van der Waals surface area (Å²) in [6, 6.07) is 26.9. The SMILES string of the molecule is Cc1nc2ccccc2n1C(CC(=O)SCC(=O)c1ccccc1)c1ccccc1. The second-order valence-corrected chi connectivity index (χ2v) is 8.13. The fraction of sp³-hybridized carbons (Fsp3) is 0.160. The molecule has 3 aromatic carbocycles. The molecular weight excluding hydrogens is 392 g/mol. The quantitative estimate of drug-likeness (QED) is 0.377. The number of fused-ring (bicyclic) bond motifs is 1. The summed E-state index contributed by atoms with van der Waals surface area (Å²) in [6.45, 7) is 1.96. The second-order valence-electron chi connectivity index (χ2n) is 7.10. The van der Waals surface area contributed by atoms with Gasteiger partial charge in [0.25, 0.3) is 0 Å². The molecule has 0 N–H and O–H groups in total. The Kier molecular flexibility index (Phi) is 6.10. The topological polar surface area (TPSA) is 52.0 Å². The molecule has 1 atom stereocenters. The molecule has 0 aliphatic carbocycles. The van der Waals surface area contributed by atoms with Gasteiger partial charge in [-0.05, 0) is 24.6 Å². The number of imidazole rings is 1. The van der Waals surface area contributed by atoms with Gasteiger partial charge < -0.3 is 4.57 Å². The van der Waals surface area contributed by atoms with Crippen LogP contribution in [0.5, 0.6) is 0 Å². The molecule has 150 valence electrons. The van der Waals surface area contributed by atoms with Gasteiger partial charge in [0.05, 0.1) is 22.8 Å². The Hall–Kier alpha value is -3.18. The number of hydrogen-bond acceptors (Lipinski definition) is 4. The molecule has 30 heavy (non-hydrogen) atoms. The number of rotatable bonds is 7. The van der Waals surface area contributed by atoms with E-state index in [1.807, 2.05) is 79.7 Å². The fourth-order valence-corrected chi connectivity index (χ4v) is 4.40. The minimum absolute atomic E-state index is 0.00897. The first-order chi connectivity index (χ1) is 14.6. The number of hydrogen-bond donors (Lipinski definition) is 0. The van der Waals surface area contributed by atoms with Crippen LogP contribution < -0.4 is 0 Å². The molecule has 5 heteroatoms. The monoisotopic (exact) mass is 414 g/mol. The van der Waals surface area contributed by atoms with Crippen LogP contribution in [-0.4, -0.2) is 26.2 Å². The number of ketones is 1. The van der Waals surface area contributed by atoms with Crippen molar-refractivity contribution in [3.63, 3.8) is 0 Å². The Morgan fingerprint density at radius 1 is 0.900 bits per heavy atom. The van der Waals surface area contributed by atoms with Gasteiger partial charge in [-0.3, -0.25) is 9.59 Å². The van der Waals surface area contributed by atoms with Gasteiger partial charge in [-0.15, -0.1) is 0 Å². The molecule has 0 radical (unpaired) electrons. The highest BCUT2D eigenvalue weighted by Gasteiger charge is 2.23. The molecule has 0 saturated heterocycles. The van der Waals surface area contributed by atoms with E-state index in [4.69, 9.17) is 0 Å². The molecule has 0 aliphatic rings. The van der Waals surface area contributed by atoms with E-state index in [0.717, 1.165) is 34.2 Å². The van der Waals surface area contributed by atoms with Gasteiger partial charge >= 0.3 is 0 Å². The van der Waals surface area contributed by atoms with Crippen LogP contribution in [-0.2, 0) is 4.79 Å². The van der Waals surface area contributed by atoms with Crippen LogP contribution in [0.4, 0.5) is 0 Å². The van der Waals surface area contributed by atoms with Crippen LogP contribution in [0, 0.1) is 6.92 Å². The lowest BCUT2D eigenvalue weighted by Crippen LogP contribution is -2.16. The van der Waals surface area contributed by atoms with Crippen molar-refractivity contribution in [3.05, 3.63) is 102 Å². The number of Topliss-reactive ketones (excluding diaryl/α,β-unsaturated/α-hetero) is 1. The number of nitrogens with zero attached hydrogens (tertiary/aromatic N) is 2. The molecule has 0 fully saturated rings. The van der Waals surface area contributed by atoms with E-state index < -0.39 is 0 Å². The van der Waals surface area contributed by atoms with Crippen LogP contribution in [0.25, 0.3) is 11.0 Å². The molecule has 0 aliphatic heterocycles. The molecule has 4 rings (SSSR count). The Morgan fingerprint density at radius 2 is 1.53 bits per heavy atom. The van der Waals surface area contributed by atoms with Crippen molar-refractivity contribution >= 4 is 33.7 Å². The second kappa shape index (κ2) is 9.09. The van der Waals surface area contributed by atoms with E-state index in [-0.39, 0.29) is 29.1 Å². The zero-order chi connectivity index (χ0) is 20.9. The zero-order valence-electron chi connectivity index (χ0n) is 16.7. The number of aryl methyl sites for hydroxylation is 1. The van der Waals surface area contributed by atoms with Gasteiger partial charge in [-0.2, -0.15) is 0 Å². The maximum atomic E-state index is 12.9. The summed E-state index contributed by atoms with van der Waals surface area (Å²) in [5.41, 5.74) is 3.60. The summed E-state index contributed by atoms with van der Waals surface area (Å²) in [5, 5.41) is -0.00897. The Labute approximate surface area is 180 Å². The number of carbonyl (C=O) groups excluding carboxylic acids is 2. The molecule has 1 unspecified atom stereocenters. The average molecular weight is 415 g/mol. The van der Waals surface area contributed by atoms with Crippen LogP contribution in [0.2, 0.25) is 0 Å². The predicted octanol–water partition coefficient (Wildman–Crippen LogP) is 5.47. The van der Waals surface area contributed by atoms with Gasteiger partial charge in [0.15, 0.2) is 10.9 Å². The van der Waals surface area contributed by atoms with E-state index in [2.05, 4.69) is 9.55 Å². The highest BCUT2D eigenvalue weighted by molar-refractivity contribution is 8.14. The fourth-order valence-electron chi connectivity index (χ4n) is 3.66. The van der Waals surface area contributed by atoms with E-state index in [0.29, 0.717) is 5.56 Å². The molecular formula is C25H22N2O2S. The van der Waals surface area contributed by atoms with Gasteiger partial charge in [0.2, 0.25) is 0 Å². The Balaban J connectivity index is 1.57. The molecule has 1 heterocycles. The van der Waals surface area contributed by atoms with Gasteiger partial charge in [0, 0.05) is 12.0 Å². The average Bonchev–Trinajstić information content (AvgIpc) is 3.12. The molecule has 4 nitrogen and oxygen atoms in total. The minimum Gasteiger partial charge on any atom is -0.320 e. The molecule has 0 saturated carbocycles.